The Morgan fingerprint density at radius 1 is 1.25 bits per heavy atom. The van der Waals surface area contributed by atoms with E-state index >= 15 is 0 Å². The van der Waals surface area contributed by atoms with Gasteiger partial charge in [0.2, 0.25) is 0 Å². The van der Waals surface area contributed by atoms with Crippen LogP contribution in [0.15, 0.2) is 34.3 Å². The second-order valence-corrected chi connectivity index (χ2v) is 9.17. The van der Waals surface area contributed by atoms with Crippen LogP contribution in [0.5, 0.6) is 0 Å². The molecule has 4 nitrogen and oxygen atoms in total. The van der Waals surface area contributed by atoms with Crippen molar-refractivity contribution >= 4 is 15.7 Å². The number of hydrogen-bond donors (Lipinski definition) is 1. The zero-order valence-corrected chi connectivity index (χ0v) is 15.6. The van der Waals surface area contributed by atoms with Crippen LogP contribution >= 0.6 is 0 Å². The molecule has 0 amide bonds. The maximum Gasteiger partial charge on any atom is 0.276 e. The first-order chi connectivity index (χ1) is 11.4. The summed E-state index contributed by atoms with van der Waals surface area (Å²) in [7, 11) is -3.58. The van der Waals surface area contributed by atoms with Crippen molar-refractivity contribution in [3.63, 3.8) is 0 Å². The van der Waals surface area contributed by atoms with Crippen LogP contribution in [0.4, 0.5) is 0 Å². The first-order valence-electron chi connectivity index (χ1n) is 9.06. The van der Waals surface area contributed by atoms with Gasteiger partial charge in [0.1, 0.15) is 0 Å². The summed E-state index contributed by atoms with van der Waals surface area (Å²) in [5, 5.41) is 4.23. The fourth-order valence-corrected chi connectivity index (χ4v) is 5.10. The van der Waals surface area contributed by atoms with Crippen LogP contribution < -0.4 is 4.83 Å². The zero-order chi connectivity index (χ0) is 17.3. The normalized spacial score (nSPS) is 28.1. The Morgan fingerprint density at radius 2 is 1.96 bits per heavy atom. The number of benzene rings is 1. The second-order valence-electron chi connectivity index (χ2n) is 7.51. The van der Waals surface area contributed by atoms with E-state index in [9.17, 15) is 8.42 Å². The molecular weight excluding hydrogens is 320 g/mol. The van der Waals surface area contributed by atoms with Gasteiger partial charge in [0.05, 0.1) is 4.90 Å². The van der Waals surface area contributed by atoms with Gasteiger partial charge in [0.15, 0.2) is 0 Å². The predicted octanol–water partition coefficient (Wildman–Crippen LogP) is 4.29. The van der Waals surface area contributed by atoms with Gasteiger partial charge in [-0.2, -0.15) is 13.5 Å². The van der Waals surface area contributed by atoms with Crippen LogP contribution in [0.3, 0.4) is 0 Å². The van der Waals surface area contributed by atoms with Gasteiger partial charge in [-0.25, -0.2) is 4.83 Å². The average molecular weight is 349 g/mol. The average Bonchev–Trinajstić information content (AvgIpc) is 3.22. The lowest BCUT2D eigenvalue weighted by atomic mass is 9.86. The molecule has 0 radical (unpaired) electrons. The van der Waals surface area contributed by atoms with Crippen molar-refractivity contribution < 1.29 is 8.42 Å². The Balaban J connectivity index is 1.68. The van der Waals surface area contributed by atoms with Gasteiger partial charge >= 0.3 is 0 Å². The van der Waals surface area contributed by atoms with E-state index in [4.69, 9.17) is 0 Å². The summed E-state index contributed by atoms with van der Waals surface area (Å²) in [6.07, 6.45) is 6.11. The minimum absolute atomic E-state index is 0.277. The van der Waals surface area contributed by atoms with E-state index in [0.29, 0.717) is 17.8 Å². The molecule has 1 aromatic carbocycles. The highest BCUT2D eigenvalue weighted by molar-refractivity contribution is 7.89. The van der Waals surface area contributed by atoms with Crippen molar-refractivity contribution in [3.8, 4) is 0 Å². The lowest BCUT2D eigenvalue weighted by molar-refractivity contribution is 0.413. The molecular formula is C19H28N2O2S. The molecule has 1 aromatic rings. The molecule has 0 spiro atoms. The van der Waals surface area contributed by atoms with Crippen LogP contribution in [0, 0.1) is 17.8 Å². The quantitative estimate of drug-likeness (QED) is 0.616. The van der Waals surface area contributed by atoms with Crippen LogP contribution in [-0.4, -0.2) is 14.1 Å². The molecule has 3 rings (SSSR count). The zero-order valence-electron chi connectivity index (χ0n) is 14.8. The van der Waals surface area contributed by atoms with Crippen molar-refractivity contribution in [2.75, 3.05) is 0 Å². The number of nitrogens with zero attached hydrogens (tertiary/aromatic N) is 1. The summed E-state index contributed by atoms with van der Waals surface area (Å²) in [5.41, 5.74) is 2.10. The second kappa shape index (κ2) is 6.87. The van der Waals surface area contributed by atoms with E-state index in [2.05, 4.69) is 23.8 Å². The highest BCUT2D eigenvalue weighted by atomic mass is 32.2. The van der Waals surface area contributed by atoms with Crippen LogP contribution in [0.2, 0.25) is 0 Å². The molecule has 4 atom stereocenters. The van der Waals surface area contributed by atoms with E-state index in [1.54, 1.807) is 12.1 Å². The smallest absolute Gasteiger partial charge is 0.200 e. The third-order valence-corrected chi connectivity index (χ3v) is 7.21. The lowest BCUT2D eigenvalue weighted by Gasteiger charge is -2.21. The highest BCUT2D eigenvalue weighted by Crippen LogP contribution is 2.48. The Labute approximate surface area is 145 Å². The third kappa shape index (κ3) is 3.51. The summed E-state index contributed by atoms with van der Waals surface area (Å²) in [5.74, 6) is 2.43. The first kappa shape index (κ1) is 17.5. The maximum absolute atomic E-state index is 12.4. The fraction of sp³-hybridized carbons (Fsp3) is 0.632. The summed E-state index contributed by atoms with van der Waals surface area (Å²) >= 11 is 0. The molecule has 2 bridgehead atoms. The van der Waals surface area contributed by atoms with E-state index in [1.165, 1.54) is 25.7 Å². The standard InChI is InChI=1S/C19H28N2O2S/c1-4-13(2)16-7-9-18(10-8-16)24(22,23)21-20-14(3)19-12-15-5-6-17(19)11-15/h7-10,13,15,17,19,21H,4-6,11-12H2,1-3H3/b20-14-/t13-,15-,17-,19-/m0/s1. The number of hydrogen-bond acceptors (Lipinski definition) is 3. The van der Waals surface area contributed by atoms with Gasteiger partial charge in [-0.3, -0.25) is 0 Å². The highest BCUT2D eigenvalue weighted by Gasteiger charge is 2.40. The number of rotatable bonds is 6. The largest absolute Gasteiger partial charge is 0.276 e. The fourth-order valence-electron chi connectivity index (χ4n) is 4.24. The van der Waals surface area contributed by atoms with Crippen molar-refractivity contribution in [1.29, 1.82) is 0 Å². The number of sulfonamides is 1. The molecule has 0 unspecified atom stereocenters. The van der Waals surface area contributed by atoms with E-state index < -0.39 is 10.0 Å². The SMILES string of the molecule is CC[C@H](C)c1ccc(S(=O)(=O)N/N=C(/C)[C@@H]2C[C@H]3CC[C@H]2C3)cc1. The summed E-state index contributed by atoms with van der Waals surface area (Å²) in [4.78, 5) is 2.71. The predicted molar refractivity (Wildman–Crippen MR) is 97.5 cm³/mol. The summed E-state index contributed by atoms with van der Waals surface area (Å²) < 4.78 is 24.9. The number of hydrazone groups is 1. The summed E-state index contributed by atoms with van der Waals surface area (Å²) in [6, 6.07) is 7.14. The van der Waals surface area contributed by atoms with Crippen molar-refractivity contribution in [2.24, 2.45) is 22.9 Å². The molecule has 2 saturated carbocycles. The molecule has 1 N–H and O–H groups in total. The third-order valence-electron chi connectivity index (χ3n) is 5.99. The van der Waals surface area contributed by atoms with E-state index in [0.717, 1.165) is 23.6 Å². The van der Waals surface area contributed by atoms with E-state index in [-0.39, 0.29) is 4.90 Å². The molecule has 2 aliphatic carbocycles. The molecule has 0 saturated heterocycles. The van der Waals surface area contributed by atoms with Crippen LogP contribution in [0.25, 0.3) is 0 Å². The summed E-state index contributed by atoms with van der Waals surface area (Å²) in [6.45, 7) is 6.23. The lowest BCUT2D eigenvalue weighted by Crippen LogP contribution is -2.24. The van der Waals surface area contributed by atoms with Crippen molar-refractivity contribution in [3.05, 3.63) is 29.8 Å². The molecule has 0 aliphatic heterocycles. The van der Waals surface area contributed by atoms with Gasteiger partial charge in [-0.1, -0.05) is 32.4 Å². The Morgan fingerprint density at radius 3 is 2.50 bits per heavy atom. The molecule has 132 valence electrons. The van der Waals surface area contributed by atoms with Gasteiger partial charge in [0, 0.05) is 11.6 Å². The molecule has 0 heterocycles. The monoisotopic (exact) mass is 348 g/mol. The van der Waals surface area contributed by atoms with Crippen LogP contribution in [0.1, 0.15) is 64.4 Å². The molecule has 0 aromatic heterocycles. The van der Waals surface area contributed by atoms with Gasteiger partial charge in [-0.05, 0) is 68.1 Å². The molecule has 24 heavy (non-hydrogen) atoms. The van der Waals surface area contributed by atoms with E-state index in [1.807, 2.05) is 19.1 Å². The number of nitrogens with one attached hydrogen (secondary N) is 1. The minimum Gasteiger partial charge on any atom is -0.200 e. The molecule has 5 heteroatoms. The van der Waals surface area contributed by atoms with Gasteiger partial charge in [0.25, 0.3) is 10.0 Å². The Hall–Kier alpha value is -1.36. The topological polar surface area (TPSA) is 58.5 Å². The van der Waals surface area contributed by atoms with Gasteiger partial charge in [-0.15, -0.1) is 0 Å². The van der Waals surface area contributed by atoms with Gasteiger partial charge < -0.3 is 0 Å². The Kier molecular flexibility index (Phi) is 5.00. The molecule has 2 fully saturated rings. The first-order valence-corrected chi connectivity index (χ1v) is 10.5. The maximum atomic E-state index is 12.4. The van der Waals surface area contributed by atoms with Crippen LogP contribution in [-0.2, 0) is 10.0 Å². The Bertz CT molecular complexity index is 709. The van der Waals surface area contributed by atoms with Crippen molar-refractivity contribution in [1.82, 2.24) is 4.83 Å². The van der Waals surface area contributed by atoms with Crippen molar-refractivity contribution in [2.45, 2.75) is 63.7 Å². The number of fused-ring (bicyclic) bond motifs is 2. The minimum atomic E-state index is -3.58. The molecule has 2 aliphatic rings.